The van der Waals surface area contributed by atoms with Crippen LogP contribution < -0.4 is 5.32 Å². The normalized spacial score (nSPS) is 10.3. The number of aromatic nitrogens is 2. The summed E-state index contributed by atoms with van der Waals surface area (Å²) in [5.41, 5.74) is 0.312. The molecule has 1 amide bonds. The number of nitrogens with zero attached hydrogens (tertiary/aromatic N) is 2. The van der Waals surface area contributed by atoms with Gasteiger partial charge in [0.25, 0.3) is 5.91 Å². The summed E-state index contributed by atoms with van der Waals surface area (Å²) in [4.78, 5) is 12.1. The zero-order chi connectivity index (χ0) is 12.4. The first kappa shape index (κ1) is 12.4. The average Bonchev–Trinajstić information content (AvgIpc) is 2.76. The molecule has 17 heavy (non-hydrogen) atoms. The number of nitrogens with one attached hydrogen (secondary N) is 1. The number of hydrogen-bond donors (Lipinski definition) is 1. The summed E-state index contributed by atoms with van der Waals surface area (Å²) in [6.45, 7) is 0. The highest BCUT2D eigenvalue weighted by atomic mass is 79.9. The van der Waals surface area contributed by atoms with Crippen LogP contribution >= 0.6 is 39.1 Å². The van der Waals surface area contributed by atoms with E-state index in [2.05, 4.69) is 30.8 Å². The second-order valence-corrected chi connectivity index (χ2v) is 5.03. The third-order valence-electron chi connectivity index (χ3n) is 1.83. The molecule has 4 nitrogen and oxygen atoms in total. The molecule has 0 bridgehead atoms. The van der Waals surface area contributed by atoms with Crippen LogP contribution in [-0.2, 0) is 0 Å². The van der Waals surface area contributed by atoms with Crippen molar-refractivity contribution >= 4 is 50.7 Å². The van der Waals surface area contributed by atoms with E-state index in [4.69, 9.17) is 11.6 Å². The summed E-state index contributed by atoms with van der Waals surface area (Å²) in [5.74, 6) is -0.881. The summed E-state index contributed by atoms with van der Waals surface area (Å²) in [6, 6.07) is 2.33. The van der Waals surface area contributed by atoms with E-state index in [1.807, 2.05) is 0 Å². The van der Waals surface area contributed by atoms with Crippen LogP contribution in [0.15, 0.2) is 22.8 Å². The second kappa shape index (κ2) is 5.07. The van der Waals surface area contributed by atoms with Gasteiger partial charge in [0.05, 0.1) is 16.9 Å². The Bertz CT molecular complexity index is 540. The first-order valence-electron chi connectivity index (χ1n) is 4.31. The van der Waals surface area contributed by atoms with Gasteiger partial charge in [0.1, 0.15) is 10.7 Å². The Morgan fingerprint density at radius 3 is 2.88 bits per heavy atom. The number of hydrogen-bond acceptors (Lipinski definition) is 4. The third kappa shape index (κ3) is 2.80. The molecule has 0 aliphatic carbocycles. The van der Waals surface area contributed by atoms with E-state index in [0.717, 1.165) is 17.6 Å². The van der Waals surface area contributed by atoms with Crippen LogP contribution in [0.25, 0.3) is 0 Å². The number of carbonyl (C=O) groups excluding carboxylic acids is 1. The lowest BCUT2D eigenvalue weighted by Gasteiger charge is -2.08. The third-order valence-corrected chi connectivity index (χ3v) is 3.42. The fraction of sp³-hybridized carbons (Fsp3) is 0. The number of anilines is 1. The maximum Gasteiger partial charge on any atom is 0.269 e. The van der Waals surface area contributed by atoms with E-state index in [1.165, 1.54) is 12.3 Å². The molecule has 1 heterocycles. The molecule has 0 saturated carbocycles. The van der Waals surface area contributed by atoms with Crippen molar-refractivity contribution in [1.29, 1.82) is 0 Å². The van der Waals surface area contributed by atoms with Crippen LogP contribution in [0.5, 0.6) is 0 Å². The minimum absolute atomic E-state index is 0.114. The summed E-state index contributed by atoms with van der Waals surface area (Å²) >= 11 is 9.91. The molecule has 0 unspecified atom stereocenters. The predicted molar refractivity (Wildman–Crippen MR) is 67.0 cm³/mol. The minimum Gasteiger partial charge on any atom is -0.319 e. The quantitative estimate of drug-likeness (QED) is 0.915. The Morgan fingerprint density at radius 1 is 1.53 bits per heavy atom. The van der Waals surface area contributed by atoms with E-state index in [1.54, 1.807) is 0 Å². The maximum absolute atomic E-state index is 13.0. The highest BCUT2D eigenvalue weighted by Gasteiger charge is 2.14. The van der Waals surface area contributed by atoms with Gasteiger partial charge in [-0.3, -0.25) is 4.79 Å². The van der Waals surface area contributed by atoms with Crippen LogP contribution in [0.3, 0.4) is 0 Å². The molecular formula is C9H4BrClFN3OS. The van der Waals surface area contributed by atoms with Crippen molar-refractivity contribution in [1.82, 2.24) is 9.59 Å². The van der Waals surface area contributed by atoms with Gasteiger partial charge in [-0.05, 0) is 39.6 Å². The molecule has 88 valence electrons. The van der Waals surface area contributed by atoms with Gasteiger partial charge in [-0.2, -0.15) is 0 Å². The number of amides is 1. The molecule has 2 rings (SSSR count). The van der Waals surface area contributed by atoms with Crippen LogP contribution in [-0.4, -0.2) is 15.5 Å². The Labute approximate surface area is 113 Å². The van der Waals surface area contributed by atoms with Gasteiger partial charge < -0.3 is 5.32 Å². The van der Waals surface area contributed by atoms with E-state index in [0.29, 0.717) is 15.0 Å². The van der Waals surface area contributed by atoms with Crippen molar-refractivity contribution < 1.29 is 9.18 Å². The van der Waals surface area contributed by atoms with Crippen LogP contribution in [0.1, 0.15) is 9.67 Å². The Kier molecular flexibility index (Phi) is 3.70. The van der Waals surface area contributed by atoms with Crippen molar-refractivity contribution in [2.24, 2.45) is 0 Å². The molecule has 1 aromatic heterocycles. The molecule has 1 N–H and O–H groups in total. The largest absolute Gasteiger partial charge is 0.319 e. The molecular weight excluding hydrogens is 333 g/mol. The van der Waals surface area contributed by atoms with Crippen LogP contribution in [0, 0.1) is 5.82 Å². The van der Waals surface area contributed by atoms with E-state index in [-0.39, 0.29) is 5.02 Å². The van der Waals surface area contributed by atoms with Crippen molar-refractivity contribution in [2.45, 2.75) is 0 Å². The maximum atomic E-state index is 13.0. The molecule has 0 aliphatic heterocycles. The predicted octanol–water partition coefficient (Wildman–Crippen LogP) is 3.35. The number of benzene rings is 1. The lowest BCUT2D eigenvalue weighted by molar-refractivity contribution is 0.103. The van der Waals surface area contributed by atoms with Gasteiger partial charge in [-0.1, -0.05) is 16.1 Å². The standard InChI is InChI=1S/C9H4BrClFN3OS/c10-5-1-4(12)2-6(11)8(5)14-9(16)7-3-13-15-17-7/h1-3H,(H,14,16). The summed E-state index contributed by atoms with van der Waals surface area (Å²) < 4.78 is 16.9. The molecule has 0 fully saturated rings. The van der Waals surface area contributed by atoms with Gasteiger partial charge >= 0.3 is 0 Å². The zero-order valence-electron chi connectivity index (χ0n) is 8.08. The highest BCUT2D eigenvalue weighted by Crippen LogP contribution is 2.32. The molecule has 0 aliphatic rings. The molecule has 0 spiro atoms. The smallest absolute Gasteiger partial charge is 0.269 e. The number of halogens is 3. The molecule has 0 saturated heterocycles. The minimum atomic E-state index is -0.487. The number of carbonyl (C=O) groups is 1. The van der Waals surface area contributed by atoms with Gasteiger partial charge in [-0.25, -0.2) is 4.39 Å². The van der Waals surface area contributed by atoms with E-state index < -0.39 is 11.7 Å². The number of rotatable bonds is 2. The molecule has 2 aromatic rings. The Hall–Kier alpha value is -1.05. The Balaban J connectivity index is 2.28. The van der Waals surface area contributed by atoms with E-state index in [9.17, 15) is 9.18 Å². The molecule has 0 atom stereocenters. The first-order chi connectivity index (χ1) is 8.08. The van der Waals surface area contributed by atoms with E-state index >= 15 is 0 Å². The molecule has 1 aromatic carbocycles. The topological polar surface area (TPSA) is 54.9 Å². The van der Waals surface area contributed by atoms with Gasteiger partial charge in [-0.15, -0.1) is 5.10 Å². The fourth-order valence-corrected chi connectivity index (χ4v) is 2.41. The summed E-state index contributed by atoms with van der Waals surface area (Å²) in [7, 11) is 0. The van der Waals surface area contributed by atoms with Crippen molar-refractivity contribution in [3.8, 4) is 0 Å². The Morgan fingerprint density at radius 2 is 2.29 bits per heavy atom. The SMILES string of the molecule is O=C(Nc1c(Cl)cc(F)cc1Br)c1cnns1. The average molecular weight is 337 g/mol. The monoisotopic (exact) mass is 335 g/mol. The lowest BCUT2D eigenvalue weighted by Crippen LogP contribution is -2.11. The van der Waals surface area contributed by atoms with Crippen molar-refractivity contribution in [3.05, 3.63) is 38.5 Å². The van der Waals surface area contributed by atoms with Gasteiger partial charge in [0.15, 0.2) is 0 Å². The fourth-order valence-electron chi connectivity index (χ4n) is 1.10. The second-order valence-electron chi connectivity index (χ2n) is 2.98. The zero-order valence-corrected chi connectivity index (χ0v) is 11.2. The van der Waals surface area contributed by atoms with Gasteiger partial charge in [0, 0.05) is 4.47 Å². The first-order valence-corrected chi connectivity index (χ1v) is 6.25. The molecule has 8 heteroatoms. The van der Waals surface area contributed by atoms with Gasteiger partial charge in [0.2, 0.25) is 0 Å². The van der Waals surface area contributed by atoms with Crippen LogP contribution in [0.2, 0.25) is 5.02 Å². The highest BCUT2D eigenvalue weighted by molar-refractivity contribution is 9.10. The van der Waals surface area contributed by atoms with Crippen LogP contribution in [0.4, 0.5) is 10.1 Å². The lowest BCUT2D eigenvalue weighted by atomic mass is 10.3. The van der Waals surface area contributed by atoms with Crippen molar-refractivity contribution in [2.75, 3.05) is 5.32 Å². The summed E-state index contributed by atoms with van der Waals surface area (Å²) in [6.07, 6.45) is 1.34. The molecule has 0 radical (unpaired) electrons. The van der Waals surface area contributed by atoms with Crippen molar-refractivity contribution in [3.63, 3.8) is 0 Å². The summed E-state index contributed by atoms with van der Waals surface area (Å²) in [5, 5.41) is 6.21.